The van der Waals surface area contributed by atoms with Gasteiger partial charge in [-0.25, -0.2) is 0 Å². The summed E-state index contributed by atoms with van der Waals surface area (Å²) in [5.74, 6) is 1.85. The Labute approximate surface area is 131 Å². The number of fused-ring (bicyclic) bond motifs is 1. The molecular formula is C17H21Cl2N. The molecule has 1 aliphatic heterocycles. The van der Waals surface area contributed by atoms with E-state index >= 15 is 0 Å². The van der Waals surface area contributed by atoms with Gasteiger partial charge in [0.15, 0.2) is 0 Å². The first-order valence-electron chi connectivity index (χ1n) is 7.39. The summed E-state index contributed by atoms with van der Waals surface area (Å²) in [6.07, 6.45) is 7.33. The van der Waals surface area contributed by atoms with Gasteiger partial charge in [0.1, 0.15) is 0 Å². The van der Waals surface area contributed by atoms with Crippen molar-refractivity contribution in [3.05, 3.63) is 45.5 Å². The van der Waals surface area contributed by atoms with E-state index in [9.17, 15) is 0 Å². The van der Waals surface area contributed by atoms with Gasteiger partial charge in [0.2, 0.25) is 0 Å². The van der Waals surface area contributed by atoms with Crippen LogP contribution in [0.1, 0.15) is 36.8 Å². The Morgan fingerprint density at radius 1 is 1.15 bits per heavy atom. The molecule has 0 spiro atoms. The molecule has 0 saturated heterocycles. The molecule has 108 valence electrons. The summed E-state index contributed by atoms with van der Waals surface area (Å²) >= 11 is 12.6. The van der Waals surface area contributed by atoms with Crippen LogP contribution in [0, 0.1) is 11.8 Å². The van der Waals surface area contributed by atoms with Crippen molar-refractivity contribution in [3.63, 3.8) is 0 Å². The van der Waals surface area contributed by atoms with Crippen LogP contribution in [0.4, 0.5) is 0 Å². The fourth-order valence-electron chi connectivity index (χ4n) is 3.57. The summed E-state index contributed by atoms with van der Waals surface area (Å²) in [6, 6.07) is 4.00. The van der Waals surface area contributed by atoms with Crippen molar-refractivity contribution in [2.24, 2.45) is 11.8 Å². The number of likely N-dealkylation sites (N-methyl/N-ethyl adjacent to an activating group) is 1. The van der Waals surface area contributed by atoms with Crippen molar-refractivity contribution in [1.82, 2.24) is 4.90 Å². The highest BCUT2D eigenvalue weighted by Gasteiger charge is 2.31. The molecule has 0 fully saturated rings. The SMILES string of the molecule is CC1C=CC(C2CN(C)Cc3c(Cl)cc(Cl)cc32)CC1. The van der Waals surface area contributed by atoms with E-state index in [2.05, 4.69) is 37.1 Å². The van der Waals surface area contributed by atoms with Crippen LogP contribution >= 0.6 is 23.2 Å². The fourth-order valence-corrected chi connectivity index (χ4v) is 4.14. The lowest BCUT2D eigenvalue weighted by atomic mass is 9.75. The lowest BCUT2D eigenvalue weighted by Gasteiger charge is -2.38. The first kappa shape index (κ1) is 14.4. The van der Waals surface area contributed by atoms with Gasteiger partial charge in [-0.2, -0.15) is 0 Å². The molecule has 3 atom stereocenters. The Kier molecular flexibility index (Phi) is 4.12. The van der Waals surface area contributed by atoms with Gasteiger partial charge < -0.3 is 4.90 Å². The molecule has 0 saturated carbocycles. The van der Waals surface area contributed by atoms with Crippen LogP contribution in [0.2, 0.25) is 10.0 Å². The average Bonchev–Trinajstić information content (AvgIpc) is 2.40. The number of nitrogens with zero attached hydrogens (tertiary/aromatic N) is 1. The Hall–Kier alpha value is -0.500. The van der Waals surface area contributed by atoms with Crippen molar-refractivity contribution in [1.29, 1.82) is 0 Å². The van der Waals surface area contributed by atoms with Crippen molar-refractivity contribution < 1.29 is 0 Å². The van der Waals surface area contributed by atoms with Gasteiger partial charge in [0.25, 0.3) is 0 Å². The molecular weight excluding hydrogens is 289 g/mol. The van der Waals surface area contributed by atoms with Gasteiger partial charge in [-0.15, -0.1) is 0 Å². The quantitative estimate of drug-likeness (QED) is 0.650. The maximum Gasteiger partial charge on any atom is 0.0468 e. The Balaban J connectivity index is 1.99. The van der Waals surface area contributed by atoms with Gasteiger partial charge in [0, 0.05) is 29.1 Å². The highest BCUT2D eigenvalue weighted by molar-refractivity contribution is 6.35. The molecule has 0 amide bonds. The second kappa shape index (κ2) is 5.71. The van der Waals surface area contributed by atoms with E-state index in [1.54, 1.807) is 0 Å². The lowest BCUT2D eigenvalue weighted by molar-refractivity contribution is 0.245. The highest BCUT2D eigenvalue weighted by Crippen LogP contribution is 2.41. The van der Waals surface area contributed by atoms with Gasteiger partial charge in [-0.3, -0.25) is 0 Å². The number of allylic oxidation sites excluding steroid dienone is 2. The Bertz CT molecular complexity index is 538. The predicted molar refractivity (Wildman–Crippen MR) is 86.6 cm³/mol. The van der Waals surface area contributed by atoms with Crippen LogP contribution in [-0.2, 0) is 6.54 Å². The van der Waals surface area contributed by atoms with E-state index in [0.29, 0.717) is 11.8 Å². The predicted octanol–water partition coefficient (Wildman–Crippen LogP) is 5.12. The monoisotopic (exact) mass is 309 g/mol. The molecule has 0 bridgehead atoms. The molecule has 1 aliphatic carbocycles. The number of hydrogen-bond acceptors (Lipinski definition) is 1. The second-order valence-electron chi connectivity index (χ2n) is 6.36. The zero-order valence-electron chi connectivity index (χ0n) is 12.1. The number of halogens is 2. The van der Waals surface area contributed by atoms with Crippen molar-refractivity contribution in [2.75, 3.05) is 13.6 Å². The largest absolute Gasteiger partial charge is 0.301 e. The zero-order chi connectivity index (χ0) is 14.3. The third-order valence-corrected chi connectivity index (χ3v) is 5.25. The third-order valence-electron chi connectivity index (χ3n) is 4.69. The van der Waals surface area contributed by atoms with Crippen LogP contribution in [-0.4, -0.2) is 18.5 Å². The molecule has 0 radical (unpaired) electrons. The van der Waals surface area contributed by atoms with Crippen molar-refractivity contribution >= 4 is 23.2 Å². The number of rotatable bonds is 1. The normalized spacial score (nSPS) is 30.3. The molecule has 0 N–H and O–H groups in total. The molecule has 0 aromatic heterocycles. The average molecular weight is 310 g/mol. The topological polar surface area (TPSA) is 3.24 Å². The first-order valence-corrected chi connectivity index (χ1v) is 8.15. The van der Waals surface area contributed by atoms with E-state index < -0.39 is 0 Å². The van der Waals surface area contributed by atoms with Crippen LogP contribution in [0.3, 0.4) is 0 Å². The summed E-state index contributed by atoms with van der Waals surface area (Å²) in [6.45, 7) is 4.31. The minimum atomic E-state index is 0.517. The van der Waals surface area contributed by atoms with Gasteiger partial charge in [-0.05, 0) is 55.0 Å². The molecule has 2 aliphatic rings. The summed E-state index contributed by atoms with van der Waals surface area (Å²) in [5.41, 5.74) is 2.63. The molecule has 1 aromatic rings. The van der Waals surface area contributed by atoms with E-state index in [-0.39, 0.29) is 0 Å². The standard InChI is InChI=1S/C17H21Cl2N/c1-11-3-5-12(6-4-11)15-9-20(2)10-16-14(15)7-13(18)8-17(16)19/h3,5,7-8,11-12,15H,4,6,9-10H2,1-2H3. The fraction of sp³-hybridized carbons (Fsp3) is 0.529. The molecule has 1 nitrogen and oxygen atoms in total. The van der Waals surface area contributed by atoms with Crippen molar-refractivity contribution in [2.45, 2.75) is 32.2 Å². The summed E-state index contributed by atoms with van der Waals surface area (Å²) in [5, 5.41) is 1.58. The summed E-state index contributed by atoms with van der Waals surface area (Å²) < 4.78 is 0. The smallest absolute Gasteiger partial charge is 0.0468 e. The van der Waals surface area contributed by atoms with Gasteiger partial charge in [-0.1, -0.05) is 42.3 Å². The molecule has 3 unspecified atom stereocenters. The Morgan fingerprint density at radius 2 is 1.95 bits per heavy atom. The molecule has 1 heterocycles. The van der Waals surface area contributed by atoms with Crippen LogP contribution in [0.25, 0.3) is 0 Å². The second-order valence-corrected chi connectivity index (χ2v) is 7.21. The maximum atomic E-state index is 6.41. The van der Waals surface area contributed by atoms with E-state index in [0.717, 1.165) is 29.1 Å². The number of hydrogen-bond donors (Lipinski definition) is 0. The zero-order valence-corrected chi connectivity index (χ0v) is 13.6. The Morgan fingerprint density at radius 3 is 2.65 bits per heavy atom. The lowest BCUT2D eigenvalue weighted by Crippen LogP contribution is -2.34. The summed E-state index contributed by atoms with van der Waals surface area (Å²) in [4.78, 5) is 2.37. The molecule has 20 heavy (non-hydrogen) atoms. The minimum Gasteiger partial charge on any atom is -0.301 e. The number of benzene rings is 1. The highest BCUT2D eigenvalue weighted by atomic mass is 35.5. The van der Waals surface area contributed by atoms with Gasteiger partial charge in [0.05, 0.1) is 0 Å². The van der Waals surface area contributed by atoms with Crippen molar-refractivity contribution in [3.8, 4) is 0 Å². The van der Waals surface area contributed by atoms with E-state index in [4.69, 9.17) is 23.2 Å². The maximum absolute atomic E-state index is 6.41. The van der Waals surface area contributed by atoms with Crippen LogP contribution in [0.5, 0.6) is 0 Å². The van der Waals surface area contributed by atoms with Crippen LogP contribution < -0.4 is 0 Å². The minimum absolute atomic E-state index is 0.517. The molecule has 1 aromatic carbocycles. The van der Waals surface area contributed by atoms with Gasteiger partial charge >= 0.3 is 0 Å². The third kappa shape index (κ3) is 2.77. The van der Waals surface area contributed by atoms with Crippen LogP contribution in [0.15, 0.2) is 24.3 Å². The van der Waals surface area contributed by atoms with E-state index in [1.165, 1.54) is 24.0 Å². The summed E-state index contributed by atoms with van der Waals surface area (Å²) in [7, 11) is 2.18. The van der Waals surface area contributed by atoms with E-state index in [1.807, 2.05) is 6.07 Å². The molecule has 3 heteroatoms. The first-order chi connectivity index (χ1) is 9.54. The molecule has 3 rings (SSSR count).